The van der Waals surface area contributed by atoms with Gasteiger partial charge in [0.05, 0.1) is 5.60 Å². The van der Waals surface area contributed by atoms with Crippen molar-refractivity contribution in [3.8, 4) is 0 Å². The van der Waals surface area contributed by atoms with Crippen molar-refractivity contribution in [2.24, 2.45) is 11.3 Å². The van der Waals surface area contributed by atoms with Crippen LogP contribution in [0.5, 0.6) is 0 Å². The molecule has 1 spiro atoms. The predicted octanol–water partition coefficient (Wildman–Crippen LogP) is 4.15. The number of ketones is 1. The van der Waals surface area contributed by atoms with Crippen LogP contribution >= 0.6 is 0 Å². The number of para-hydroxylation sites is 1. The standard InChI is InChI=1S/C26H29NO4/c1-23(2)22-18(28)13-19-25(29)9-8-14-12-16-15-6-4-5-7-17(15)27-21(16)20(14)24(25,3)10-11-26(19,30-22)31-23/h4-7,13-14,20,22,27,29H,8-12H2,1-3H3. The number of carbonyl (C=O) groups excluding carboxylic acids is 1. The first-order chi connectivity index (χ1) is 14.7. The molecule has 2 bridgehead atoms. The Labute approximate surface area is 181 Å². The summed E-state index contributed by atoms with van der Waals surface area (Å²) in [6, 6.07) is 8.52. The minimum Gasteiger partial charge on any atom is -0.385 e. The lowest BCUT2D eigenvalue weighted by molar-refractivity contribution is -0.236. The van der Waals surface area contributed by atoms with E-state index in [0.717, 1.165) is 19.3 Å². The fraction of sp³-hybridized carbons (Fsp3) is 0.577. The molecule has 2 aromatic rings. The molecule has 6 atom stereocenters. The third-order valence-electron chi connectivity index (χ3n) is 9.35. The molecule has 5 nitrogen and oxygen atoms in total. The Hall–Kier alpha value is -1.95. The average Bonchev–Trinajstić information content (AvgIpc) is 3.33. The zero-order chi connectivity index (χ0) is 21.4. The summed E-state index contributed by atoms with van der Waals surface area (Å²) < 4.78 is 12.7. The Morgan fingerprint density at radius 2 is 1.94 bits per heavy atom. The highest BCUT2D eigenvalue weighted by Crippen LogP contribution is 2.69. The average molecular weight is 420 g/mol. The van der Waals surface area contributed by atoms with Gasteiger partial charge < -0.3 is 19.6 Å². The van der Waals surface area contributed by atoms with Gasteiger partial charge >= 0.3 is 0 Å². The number of carbonyl (C=O) groups is 1. The summed E-state index contributed by atoms with van der Waals surface area (Å²) in [4.78, 5) is 16.7. The fourth-order valence-electron chi connectivity index (χ4n) is 7.96. The van der Waals surface area contributed by atoms with Crippen LogP contribution in [0.4, 0.5) is 0 Å². The fourth-order valence-corrected chi connectivity index (χ4v) is 7.96. The largest absolute Gasteiger partial charge is 0.385 e. The minimum absolute atomic E-state index is 0.0781. The summed E-state index contributed by atoms with van der Waals surface area (Å²) in [5.41, 5.74) is 2.36. The molecule has 1 aromatic heterocycles. The molecule has 1 saturated heterocycles. The maximum atomic E-state index is 13.0. The van der Waals surface area contributed by atoms with E-state index in [4.69, 9.17) is 9.47 Å². The van der Waals surface area contributed by atoms with Crippen molar-refractivity contribution >= 4 is 16.7 Å². The van der Waals surface area contributed by atoms with Crippen LogP contribution < -0.4 is 0 Å². The first-order valence-corrected chi connectivity index (χ1v) is 11.6. The first-order valence-electron chi connectivity index (χ1n) is 11.6. The van der Waals surface area contributed by atoms with Gasteiger partial charge in [-0.2, -0.15) is 0 Å². The molecule has 2 aliphatic heterocycles. The Morgan fingerprint density at radius 1 is 1.13 bits per heavy atom. The third kappa shape index (κ3) is 1.98. The lowest BCUT2D eigenvalue weighted by Gasteiger charge is -2.61. The minimum atomic E-state index is -1.12. The van der Waals surface area contributed by atoms with Gasteiger partial charge in [0.15, 0.2) is 17.7 Å². The highest BCUT2D eigenvalue weighted by Gasteiger charge is 2.72. The highest BCUT2D eigenvalue weighted by atomic mass is 16.8. The van der Waals surface area contributed by atoms with E-state index in [0.29, 0.717) is 24.3 Å². The molecule has 3 heterocycles. The van der Waals surface area contributed by atoms with E-state index in [-0.39, 0.29) is 17.1 Å². The van der Waals surface area contributed by atoms with Gasteiger partial charge in [-0.15, -0.1) is 0 Å². The number of hydrogen-bond donors (Lipinski definition) is 2. The number of benzene rings is 1. The molecule has 2 saturated carbocycles. The van der Waals surface area contributed by atoms with E-state index in [1.807, 2.05) is 13.8 Å². The SMILES string of the molecule is CC1(C)OC23CCC4(C)C5c6[nH]c7ccccc7c6CC5CCC4(O)C2=CC(=O)C1O3. The van der Waals surface area contributed by atoms with Gasteiger partial charge in [-0.05, 0) is 63.2 Å². The second-order valence-electron chi connectivity index (χ2n) is 11.2. The number of fused-ring (bicyclic) bond motifs is 9. The van der Waals surface area contributed by atoms with Crippen LogP contribution in [-0.4, -0.2) is 39.0 Å². The molecule has 6 unspecified atom stereocenters. The molecule has 0 amide bonds. The molecule has 5 aliphatic rings. The van der Waals surface area contributed by atoms with E-state index in [1.54, 1.807) is 6.08 Å². The van der Waals surface area contributed by atoms with Gasteiger partial charge in [-0.3, -0.25) is 4.79 Å². The lowest BCUT2D eigenvalue weighted by Crippen LogP contribution is -2.64. The van der Waals surface area contributed by atoms with Crippen LogP contribution in [0.25, 0.3) is 10.9 Å². The second-order valence-corrected chi connectivity index (χ2v) is 11.2. The van der Waals surface area contributed by atoms with Crippen LogP contribution in [0.1, 0.15) is 63.6 Å². The summed E-state index contributed by atoms with van der Waals surface area (Å²) in [5.74, 6) is -0.301. The lowest BCUT2D eigenvalue weighted by atomic mass is 9.48. The number of aromatic amines is 1. The normalized spacial score (nSPS) is 44.5. The van der Waals surface area contributed by atoms with Crippen molar-refractivity contribution in [2.75, 3.05) is 0 Å². The van der Waals surface area contributed by atoms with Crippen molar-refractivity contribution < 1.29 is 19.4 Å². The number of H-pyrrole nitrogens is 1. The van der Waals surface area contributed by atoms with Crippen LogP contribution in [-0.2, 0) is 20.7 Å². The third-order valence-corrected chi connectivity index (χ3v) is 9.35. The summed E-state index contributed by atoms with van der Waals surface area (Å²) in [5, 5.41) is 13.7. The molecule has 162 valence electrons. The Morgan fingerprint density at radius 3 is 2.77 bits per heavy atom. The Kier molecular flexibility index (Phi) is 3.20. The highest BCUT2D eigenvalue weighted by molar-refractivity contribution is 5.97. The summed E-state index contributed by atoms with van der Waals surface area (Å²) in [7, 11) is 0. The monoisotopic (exact) mass is 419 g/mol. The molecule has 3 fully saturated rings. The van der Waals surface area contributed by atoms with E-state index in [2.05, 4.69) is 36.2 Å². The number of nitrogens with one attached hydrogen (secondary N) is 1. The zero-order valence-corrected chi connectivity index (χ0v) is 18.3. The quantitative estimate of drug-likeness (QED) is 0.673. The number of rotatable bonds is 0. The van der Waals surface area contributed by atoms with E-state index < -0.39 is 23.1 Å². The van der Waals surface area contributed by atoms with Gasteiger partial charge in [0.25, 0.3) is 0 Å². The van der Waals surface area contributed by atoms with Gasteiger partial charge in [-0.25, -0.2) is 0 Å². The number of ether oxygens (including phenoxy) is 2. The van der Waals surface area contributed by atoms with Crippen molar-refractivity contribution in [3.05, 3.63) is 47.2 Å². The van der Waals surface area contributed by atoms with Crippen molar-refractivity contribution in [1.29, 1.82) is 0 Å². The molecule has 0 radical (unpaired) electrons. The molecule has 5 heteroatoms. The molecule has 7 rings (SSSR count). The summed E-state index contributed by atoms with van der Waals surface area (Å²) in [6.07, 6.45) is 5.19. The Bertz CT molecular complexity index is 1190. The second kappa shape index (κ2) is 5.33. The molecule has 1 aromatic carbocycles. The number of aliphatic hydroxyl groups is 1. The Balaban J connectivity index is 1.40. The summed E-state index contributed by atoms with van der Waals surface area (Å²) in [6.45, 7) is 6.07. The van der Waals surface area contributed by atoms with E-state index in [9.17, 15) is 9.90 Å². The zero-order valence-electron chi connectivity index (χ0n) is 18.3. The molecule has 31 heavy (non-hydrogen) atoms. The van der Waals surface area contributed by atoms with Crippen LogP contribution in [0.15, 0.2) is 35.9 Å². The van der Waals surface area contributed by atoms with Gasteiger partial charge in [0.2, 0.25) is 0 Å². The number of aromatic nitrogens is 1. The smallest absolute Gasteiger partial charge is 0.195 e. The van der Waals surface area contributed by atoms with Gasteiger partial charge in [-0.1, -0.05) is 25.1 Å². The van der Waals surface area contributed by atoms with Crippen LogP contribution in [0, 0.1) is 11.3 Å². The van der Waals surface area contributed by atoms with Crippen LogP contribution in [0.2, 0.25) is 0 Å². The molecule has 3 aliphatic carbocycles. The maximum absolute atomic E-state index is 13.0. The van der Waals surface area contributed by atoms with E-state index >= 15 is 0 Å². The van der Waals surface area contributed by atoms with Crippen LogP contribution in [0.3, 0.4) is 0 Å². The number of hydrogen-bond acceptors (Lipinski definition) is 4. The molecular formula is C26H29NO4. The molecular weight excluding hydrogens is 390 g/mol. The van der Waals surface area contributed by atoms with Crippen molar-refractivity contribution in [2.45, 2.75) is 81.9 Å². The van der Waals surface area contributed by atoms with E-state index in [1.165, 1.54) is 22.2 Å². The van der Waals surface area contributed by atoms with Gasteiger partial charge in [0, 0.05) is 39.9 Å². The van der Waals surface area contributed by atoms with Crippen molar-refractivity contribution in [1.82, 2.24) is 4.98 Å². The van der Waals surface area contributed by atoms with Gasteiger partial charge in [0.1, 0.15) is 5.60 Å². The topological polar surface area (TPSA) is 71.5 Å². The van der Waals surface area contributed by atoms with Crippen molar-refractivity contribution in [3.63, 3.8) is 0 Å². The first kappa shape index (κ1) is 18.6. The summed E-state index contributed by atoms with van der Waals surface area (Å²) >= 11 is 0. The molecule has 2 N–H and O–H groups in total. The predicted molar refractivity (Wildman–Crippen MR) is 116 cm³/mol. The maximum Gasteiger partial charge on any atom is 0.195 e.